The van der Waals surface area contributed by atoms with Crippen LogP contribution in [0.3, 0.4) is 0 Å². The van der Waals surface area contributed by atoms with Gasteiger partial charge in [-0.3, -0.25) is 4.79 Å². The first kappa shape index (κ1) is 11.0. The smallest absolute Gasteiger partial charge is 0.269 e. The Morgan fingerprint density at radius 3 is 2.94 bits per heavy atom. The lowest BCUT2D eigenvalue weighted by Crippen LogP contribution is -2.28. The van der Waals surface area contributed by atoms with Crippen molar-refractivity contribution in [3.63, 3.8) is 0 Å². The molecule has 0 spiro atoms. The second-order valence-corrected chi connectivity index (χ2v) is 4.81. The van der Waals surface area contributed by atoms with E-state index in [0.29, 0.717) is 6.54 Å². The second-order valence-electron chi connectivity index (χ2n) is 3.83. The molecule has 0 fully saturated rings. The maximum Gasteiger partial charge on any atom is 0.269 e. The number of rotatable bonds is 3. The molecule has 18 heavy (non-hydrogen) atoms. The molecule has 0 atom stereocenters. The third-order valence-corrected chi connectivity index (χ3v) is 3.45. The van der Waals surface area contributed by atoms with Crippen LogP contribution in [0, 0.1) is 0 Å². The summed E-state index contributed by atoms with van der Waals surface area (Å²) < 4.78 is 1.57. The van der Waals surface area contributed by atoms with E-state index in [0.717, 1.165) is 15.9 Å². The summed E-state index contributed by atoms with van der Waals surface area (Å²) in [5.41, 5.74) is 3.92. The summed E-state index contributed by atoms with van der Waals surface area (Å²) in [5, 5.41) is 3.90. The van der Waals surface area contributed by atoms with E-state index in [1.165, 1.54) is 0 Å². The van der Waals surface area contributed by atoms with Crippen LogP contribution in [-0.2, 0) is 6.54 Å². The van der Waals surface area contributed by atoms with Gasteiger partial charge in [-0.25, -0.2) is 9.66 Å². The molecule has 0 unspecified atom stereocenters. The highest BCUT2D eigenvalue weighted by Crippen LogP contribution is 2.10. The molecule has 0 saturated heterocycles. The lowest BCUT2D eigenvalue weighted by Gasteiger charge is -2.11. The third kappa shape index (κ3) is 2.00. The van der Waals surface area contributed by atoms with Crippen molar-refractivity contribution in [1.29, 1.82) is 0 Å². The van der Waals surface area contributed by atoms with Gasteiger partial charge in [0.15, 0.2) is 0 Å². The molecular weight excluding hydrogens is 246 g/mol. The molecule has 0 aliphatic carbocycles. The molecule has 0 bridgehead atoms. The summed E-state index contributed by atoms with van der Waals surface area (Å²) in [7, 11) is 0. The normalized spacial score (nSPS) is 10.7. The van der Waals surface area contributed by atoms with Crippen LogP contribution in [0.25, 0.3) is 10.9 Å². The number of benzene rings is 1. The van der Waals surface area contributed by atoms with Gasteiger partial charge in [0.1, 0.15) is 5.01 Å². The minimum absolute atomic E-state index is 0.0646. The highest BCUT2D eigenvalue weighted by molar-refractivity contribution is 7.09. The van der Waals surface area contributed by atoms with Gasteiger partial charge in [0.2, 0.25) is 0 Å². The maximum atomic E-state index is 11.9. The molecular formula is C13H11N3OS. The largest absolute Gasteiger partial charge is 0.316 e. The number of thiazole rings is 1. The summed E-state index contributed by atoms with van der Waals surface area (Å²) in [6, 6.07) is 11.2. The minimum atomic E-state index is -0.0646. The van der Waals surface area contributed by atoms with E-state index in [1.807, 2.05) is 35.7 Å². The maximum absolute atomic E-state index is 11.9. The van der Waals surface area contributed by atoms with Crippen LogP contribution in [0.1, 0.15) is 5.01 Å². The first-order valence-corrected chi connectivity index (χ1v) is 6.45. The average molecular weight is 257 g/mol. The lowest BCUT2D eigenvalue weighted by molar-refractivity contribution is 0.831. The first-order chi connectivity index (χ1) is 8.84. The van der Waals surface area contributed by atoms with Crippen molar-refractivity contribution in [2.24, 2.45) is 0 Å². The van der Waals surface area contributed by atoms with Gasteiger partial charge in [0.05, 0.1) is 12.1 Å². The van der Waals surface area contributed by atoms with Crippen molar-refractivity contribution in [3.05, 3.63) is 63.3 Å². The molecule has 0 aliphatic heterocycles. The molecule has 90 valence electrons. The molecule has 1 N–H and O–H groups in total. The Bertz CT molecular complexity index is 718. The highest BCUT2D eigenvalue weighted by Gasteiger charge is 2.02. The Labute approximate surface area is 108 Å². The van der Waals surface area contributed by atoms with Crippen LogP contribution in [0.5, 0.6) is 0 Å². The zero-order valence-corrected chi connectivity index (χ0v) is 10.4. The van der Waals surface area contributed by atoms with Gasteiger partial charge in [-0.05, 0) is 12.1 Å². The van der Waals surface area contributed by atoms with Crippen LogP contribution in [0.15, 0.2) is 52.8 Å². The Balaban J connectivity index is 2.00. The molecule has 3 rings (SSSR count). The average Bonchev–Trinajstić information content (AvgIpc) is 2.91. The van der Waals surface area contributed by atoms with Crippen LogP contribution in [-0.4, -0.2) is 9.66 Å². The number of hydrogen-bond donors (Lipinski definition) is 1. The zero-order valence-electron chi connectivity index (χ0n) is 9.54. The summed E-state index contributed by atoms with van der Waals surface area (Å²) in [5.74, 6) is 0. The highest BCUT2D eigenvalue weighted by atomic mass is 32.1. The molecule has 5 heteroatoms. The van der Waals surface area contributed by atoms with Gasteiger partial charge in [-0.15, -0.1) is 11.3 Å². The third-order valence-electron chi connectivity index (χ3n) is 2.68. The quantitative estimate of drug-likeness (QED) is 0.782. The number of fused-ring (bicyclic) bond motifs is 1. The molecule has 0 saturated carbocycles. The van der Waals surface area contributed by atoms with E-state index in [2.05, 4.69) is 10.4 Å². The van der Waals surface area contributed by atoms with Crippen molar-refractivity contribution in [2.45, 2.75) is 6.54 Å². The molecule has 0 aliphatic rings. The molecule has 0 radical (unpaired) electrons. The van der Waals surface area contributed by atoms with E-state index in [-0.39, 0.29) is 5.56 Å². The summed E-state index contributed by atoms with van der Waals surface area (Å²) in [6.07, 6.45) is 1.76. The van der Waals surface area contributed by atoms with E-state index >= 15 is 0 Å². The lowest BCUT2D eigenvalue weighted by atomic mass is 10.2. The van der Waals surface area contributed by atoms with Crippen molar-refractivity contribution in [1.82, 2.24) is 9.66 Å². The number of nitrogens with one attached hydrogen (secondary N) is 1. The predicted octanol–water partition coefficient (Wildman–Crippen LogP) is 2.20. The van der Waals surface area contributed by atoms with Crippen LogP contribution < -0.4 is 11.0 Å². The molecule has 3 aromatic rings. The standard InChI is InChI=1S/C13H11N3OS/c17-13-6-5-10-3-1-2-4-11(10)16(13)15-9-12-14-7-8-18-12/h1-8,15H,9H2. The van der Waals surface area contributed by atoms with Crippen molar-refractivity contribution in [3.8, 4) is 0 Å². The second kappa shape index (κ2) is 4.62. The summed E-state index contributed by atoms with van der Waals surface area (Å²) >= 11 is 1.56. The molecule has 0 amide bonds. The van der Waals surface area contributed by atoms with Crippen LogP contribution >= 0.6 is 11.3 Å². The number of nitrogens with zero attached hydrogens (tertiary/aromatic N) is 2. The van der Waals surface area contributed by atoms with Crippen LogP contribution in [0.2, 0.25) is 0 Å². The van der Waals surface area contributed by atoms with E-state index < -0.39 is 0 Å². The Morgan fingerprint density at radius 2 is 2.11 bits per heavy atom. The van der Waals surface area contributed by atoms with Crippen LogP contribution in [0.4, 0.5) is 0 Å². The van der Waals surface area contributed by atoms with E-state index in [9.17, 15) is 4.79 Å². The Morgan fingerprint density at radius 1 is 1.22 bits per heavy atom. The topological polar surface area (TPSA) is 46.9 Å². The minimum Gasteiger partial charge on any atom is -0.316 e. The van der Waals surface area contributed by atoms with E-state index in [4.69, 9.17) is 0 Å². The SMILES string of the molecule is O=c1ccc2ccccc2n1NCc1nccs1. The van der Waals surface area contributed by atoms with Crippen molar-refractivity contribution < 1.29 is 0 Å². The first-order valence-electron chi connectivity index (χ1n) is 5.58. The monoisotopic (exact) mass is 257 g/mol. The van der Waals surface area contributed by atoms with Crippen molar-refractivity contribution in [2.75, 3.05) is 5.43 Å². The predicted molar refractivity (Wildman–Crippen MR) is 73.4 cm³/mol. The van der Waals surface area contributed by atoms with Gasteiger partial charge in [-0.1, -0.05) is 18.2 Å². The molecule has 1 aromatic carbocycles. The van der Waals surface area contributed by atoms with Gasteiger partial charge < -0.3 is 5.43 Å². The van der Waals surface area contributed by atoms with Gasteiger partial charge in [-0.2, -0.15) is 0 Å². The summed E-state index contributed by atoms with van der Waals surface area (Å²) in [4.78, 5) is 16.1. The van der Waals surface area contributed by atoms with Gasteiger partial charge in [0.25, 0.3) is 5.56 Å². The molecule has 2 heterocycles. The fourth-order valence-electron chi connectivity index (χ4n) is 1.84. The van der Waals surface area contributed by atoms with Crippen molar-refractivity contribution >= 4 is 22.2 Å². The zero-order chi connectivity index (χ0) is 12.4. The van der Waals surface area contributed by atoms with Gasteiger partial charge >= 0.3 is 0 Å². The molecule has 4 nitrogen and oxygen atoms in total. The number of aromatic nitrogens is 2. The van der Waals surface area contributed by atoms with Gasteiger partial charge in [0, 0.05) is 23.0 Å². The number of pyridine rings is 1. The fraction of sp³-hybridized carbons (Fsp3) is 0.0769. The Hall–Kier alpha value is -2.14. The fourth-order valence-corrected chi connectivity index (χ4v) is 2.38. The summed E-state index contributed by atoms with van der Waals surface area (Å²) in [6.45, 7) is 0.547. The Kier molecular flexibility index (Phi) is 2.82. The molecule has 2 aromatic heterocycles. The number of para-hydroxylation sites is 1. The number of hydrogen-bond acceptors (Lipinski definition) is 4. The van der Waals surface area contributed by atoms with E-state index in [1.54, 1.807) is 28.3 Å².